The zero-order valence-electron chi connectivity index (χ0n) is 18.9. The summed E-state index contributed by atoms with van der Waals surface area (Å²) in [6, 6.07) is 15.4. The Balaban J connectivity index is 1.48. The molecule has 0 radical (unpaired) electrons. The van der Waals surface area contributed by atoms with Gasteiger partial charge >= 0.3 is 0 Å². The van der Waals surface area contributed by atoms with Gasteiger partial charge in [-0.15, -0.1) is 0 Å². The maximum absolute atomic E-state index is 12.7. The van der Waals surface area contributed by atoms with Crippen LogP contribution >= 0.6 is 0 Å². The summed E-state index contributed by atoms with van der Waals surface area (Å²) in [7, 11) is -3.74. The third kappa shape index (κ3) is 4.78. The number of benzene rings is 1. The lowest BCUT2D eigenvalue weighted by molar-refractivity contribution is -0.116. The van der Waals surface area contributed by atoms with Gasteiger partial charge in [-0.2, -0.15) is 4.31 Å². The lowest BCUT2D eigenvalue weighted by Gasteiger charge is -2.19. The summed E-state index contributed by atoms with van der Waals surface area (Å²) in [4.78, 5) is 29.4. The fraction of sp³-hybridized carbons (Fsp3) is 0.208. The van der Waals surface area contributed by atoms with E-state index < -0.39 is 21.5 Å². The first-order valence-electron chi connectivity index (χ1n) is 10.9. The molecule has 1 N–H and O–H groups in total. The quantitative estimate of drug-likeness (QED) is 0.418. The van der Waals surface area contributed by atoms with Gasteiger partial charge in [-0.1, -0.05) is 32.0 Å². The van der Waals surface area contributed by atoms with Crippen LogP contribution in [0.3, 0.4) is 0 Å². The summed E-state index contributed by atoms with van der Waals surface area (Å²) in [5, 5.41) is 2.74. The Labute approximate surface area is 197 Å². The number of imidazole rings is 1. The molecule has 0 aliphatic heterocycles. The van der Waals surface area contributed by atoms with Gasteiger partial charge in [0.1, 0.15) is 12.2 Å². The molecule has 0 fully saturated rings. The van der Waals surface area contributed by atoms with Crippen molar-refractivity contribution in [1.29, 1.82) is 0 Å². The Morgan fingerprint density at radius 3 is 2.41 bits per heavy atom. The molecule has 9 nitrogen and oxygen atoms in total. The van der Waals surface area contributed by atoms with E-state index in [-0.39, 0.29) is 11.4 Å². The van der Waals surface area contributed by atoms with Gasteiger partial charge in [0.05, 0.1) is 10.6 Å². The van der Waals surface area contributed by atoms with Gasteiger partial charge in [-0.3, -0.25) is 9.59 Å². The van der Waals surface area contributed by atoms with Crippen LogP contribution in [0.2, 0.25) is 0 Å². The Kier molecular flexibility index (Phi) is 6.62. The average molecular weight is 480 g/mol. The maximum Gasteiger partial charge on any atom is 0.251 e. The molecule has 0 aliphatic rings. The fourth-order valence-electron chi connectivity index (χ4n) is 3.65. The Morgan fingerprint density at radius 1 is 1.00 bits per heavy atom. The van der Waals surface area contributed by atoms with Crippen LogP contribution in [0.4, 0.5) is 5.69 Å². The van der Waals surface area contributed by atoms with Crippen molar-refractivity contribution >= 4 is 27.3 Å². The van der Waals surface area contributed by atoms with E-state index in [0.29, 0.717) is 18.8 Å². The molecule has 176 valence electrons. The number of carbonyl (C=O) groups is 1. The van der Waals surface area contributed by atoms with Crippen molar-refractivity contribution < 1.29 is 13.2 Å². The first kappa shape index (κ1) is 23.4. The number of carbonyl (C=O) groups excluding carboxylic acids is 1. The van der Waals surface area contributed by atoms with Crippen LogP contribution < -0.4 is 10.9 Å². The van der Waals surface area contributed by atoms with Crippen molar-refractivity contribution in [3.05, 3.63) is 83.5 Å². The molecule has 1 aromatic carbocycles. The Morgan fingerprint density at radius 2 is 1.74 bits per heavy atom. The standard InChI is InChI=1S/C24H25N5O4S/c1-3-29(4-2)34(32,33)20-12-13-24(31)28(15-20)17-23(30)25-19-10-8-18(9-11-19)21-16-27-14-6-5-7-22(27)26-21/h5-16H,3-4,17H2,1-2H3,(H,25,30). The minimum absolute atomic E-state index is 0.0274. The molecule has 3 heterocycles. The zero-order valence-corrected chi connectivity index (χ0v) is 19.7. The summed E-state index contributed by atoms with van der Waals surface area (Å²) in [6.07, 6.45) is 5.06. The van der Waals surface area contributed by atoms with E-state index in [1.54, 1.807) is 26.0 Å². The SMILES string of the molecule is CCN(CC)S(=O)(=O)c1ccc(=O)n(CC(=O)Nc2ccc(-c3cn4ccccc4n3)cc2)c1. The molecule has 0 spiro atoms. The summed E-state index contributed by atoms with van der Waals surface area (Å²) < 4.78 is 29.8. The van der Waals surface area contributed by atoms with Crippen molar-refractivity contribution in [2.45, 2.75) is 25.3 Å². The lowest BCUT2D eigenvalue weighted by atomic mass is 10.1. The number of sulfonamides is 1. The third-order valence-electron chi connectivity index (χ3n) is 5.44. The third-order valence-corrected chi connectivity index (χ3v) is 7.48. The predicted octanol–water partition coefficient (Wildman–Crippen LogP) is 2.83. The van der Waals surface area contributed by atoms with Gasteiger partial charge in [-0.25, -0.2) is 13.4 Å². The summed E-state index contributed by atoms with van der Waals surface area (Å²) in [5.74, 6) is -0.444. The first-order valence-corrected chi connectivity index (χ1v) is 12.3. The highest BCUT2D eigenvalue weighted by Crippen LogP contribution is 2.21. The van der Waals surface area contributed by atoms with Crippen molar-refractivity contribution in [3.63, 3.8) is 0 Å². The van der Waals surface area contributed by atoms with Crippen LogP contribution in [-0.2, 0) is 21.4 Å². The van der Waals surface area contributed by atoms with E-state index >= 15 is 0 Å². The molecule has 0 unspecified atom stereocenters. The smallest absolute Gasteiger partial charge is 0.251 e. The fourth-order valence-corrected chi connectivity index (χ4v) is 5.13. The number of aromatic nitrogens is 3. The van der Waals surface area contributed by atoms with Crippen molar-refractivity contribution in [3.8, 4) is 11.3 Å². The Hall–Kier alpha value is -3.76. The van der Waals surface area contributed by atoms with E-state index in [2.05, 4.69) is 10.3 Å². The van der Waals surface area contributed by atoms with Gasteiger partial charge in [0.2, 0.25) is 15.9 Å². The maximum atomic E-state index is 12.7. The Bertz CT molecular complexity index is 1450. The van der Waals surface area contributed by atoms with E-state index in [4.69, 9.17) is 0 Å². The molecule has 0 atom stereocenters. The van der Waals surface area contributed by atoms with Gasteiger partial charge in [-0.05, 0) is 30.3 Å². The molecule has 0 saturated heterocycles. The summed E-state index contributed by atoms with van der Waals surface area (Å²) >= 11 is 0. The minimum Gasteiger partial charge on any atom is -0.325 e. The van der Waals surface area contributed by atoms with Crippen LogP contribution in [-0.4, -0.2) is 45.7 Å². The molecule has 0 bridgehead atoms. The van der Waals surface area contributed by atoms with E-state index in [9.17, 15) is 18.0 Å². The normalized spacial score (nSPS) is 11.7. The number of anilines is 1. The number of fused-ring (bicyclic) bond motifs is 1. The number of hydrogen-bond donors (Lipinski definition) is 1. The largest absolute Gasteiger partial charge is 0.325 e. The van der Waals surface area contributed by atoms with E-state index in [1.807, 2.05) is 47.1 Å². The van der Waals surface area contributed by atoms with Gasteiger partial charge < -0.3 is 14.3 Å². The highest BCUT2D eigenvalue weighted by atomic mass is 32.2. The van der Waals surface area contributed by atoms with E-state index in [1.165, 1.54) is 16.6 Å². The van der Waals surface area contributed by atoms with Gasteiger partial charge in [0, 0.05) is 49.0 Å². The van der Waals surface area contributed by atoms with Crippen LogP contribution in [0, 0.1) is 0 Å². The van der Waals surface area contributed by atoms with Crippen LogP contribution in [0.5, 0.6) is 0 Å². The molecule has 4 aromatic rings. The molecular formula is C24H25N5O4S. The van der Waals surface area contributed by atoms with Crippen molar-refractivity contribution in [2.24, 2.45) is 0 Å². The van der Waals surface area contributed by atoms with Crippen molar-refractivity contribution in [2.75, 3.05) is 18.4 Å². The van der Waals surface area contributed by atoms with Crippen LogP contribution in [0.15, 0.2) is 82.9 Å². The second-order valence-corrected chi connectivity index (χ2v) is 9.58. The number of nitrogens with one attached hydrogen (secondary N) is 1. The molecule has 10 heteroatoms. The molecule has 0 saturated carbocycles. The lowest BCUT2D eigenvalue weighted by Crippen LogP contribution is -2.33. The van der Waals surface area contributed by atoms with E-state index in [0.717, 1.165) is 27.5 Å². The summed E-state index contributed by atoms with van der Waals surface area (Å²) in [6.45, 7) is 3.79. The monoisotopic (exact) mass is 479 g/mol. The first-order chi connectivity index (χ1) is 16.3. The molecule has 1 amide bonds. The van der Waals surface area contributed by atoms with Gasteiger partial charge in [0.25, 0.3) is 5.56 Å². The average Bonchev–Trinajstić information content (AvgIpc) is 3.26. The molecule has 3 aromatic heterocycles. The summed E-state index contributed by atoms with van der Waals surface area (Å²) in [5.41, 5.74) is 2.63. The second kappa shape index (κ2) is 9.62. The van der Waals surface area contributed by atoms with Crippen molar-refractivity contribution in [1.82, 2.24) is 18.3 Å². The second-order valence-electron chi connectivity index (χ2n) is 7.64. The topological polar surface area (TPSA) is 106 Å². The molecule has 34 heavy (non-hydrogen) atoms. The number of pyridine rings is 2. The highest BCUT2D eigenvalue weighted by Gasteiger charge is 2.22. The predicted molar refractivity (Wildman–Crippen MR) is 130 cm³/mol. The number of amides is 1. The molecule has 4 rings (SSSR count). The number of hydrogen-bond acceptors (Lipinski definition) is 5. The zero-order chi connectivity index (χ0) is 24.3. The number of nitrogens with zero attached hydrogens (tertiary/aromatic N) is 4. The molecule has 0 aliphatic carbocycles. The van der Waals surface area contributed by atoms with Gasteiger partial charge in [0.15, 0.2) is 0 Å². The van der Waals surface area contributed by atoms with Crippen LogP contribution in [0.1, 0.15) is 13.8 Å². The molecular weight excluding hydrogens is 454 g/mol. The van der Waals surface area contributed by atoms with Crippen LogP contribution in [0.25, 0.3) is 16.9 Å². The number of rotatable bonds is 8. The highest BCUT2D eigenvalue weighted by molar-refractivity contribution is 7.89. The minimum atomic E-state index is -3.74.